The van der Waals surface area contributed by atoms with Crippen molar-refractivity contribution in [2.75, 3.05) is 11.4 Å². The van der Waals surface area contributed by atoms with Gasteiger partial charge in [0.05, 0.1) is 6.10 Å². The van der Waals surface area contributed by atoms with Gasteiger partial charge in [-0.3, -0.25) is 0 Å². The Balaban J connectivity index is 1.68. The molecule has 4 rings (SSSR count). The minimum absolute atomic E-state index is 0.137. The second kappa shape index (κ2) is 8.62. The molecule has 0 aliphatic heterocycles. The molecule has 5 nitrogen and oxygen atoms in total. The molecule has 2 radical (unpaired) electrons. The highest BCUT2D eigenvalue weighted by molar-refractivity contribution is 6.61. The van der Waals surface area contributed by atoms with E-state index < -0.39 is 0 Å². The summed E-state index contributed by atoms with van der Waals surface area (Å²) in [5.74, 6) is 1.60. The van der Waals surface area contributed by atoms with Gasteiger partial charge in [-0.05, 0) is 50.3 Å². The summed E-state index contributed by atoms with van der Waals surface area (Å²) in [6.07, 6.45) is 6.41. The molecule has 1 aromatic carbocycles. The fourth-order valence-corrected chi connectivity index (χ4v) is 4.46. The maximum absolute atomic E-state index is 9.91. The van der Waals surface area contributed by atoms with Crippen LogP contribution in [-0.2, 0) is 6.32 Å². The number of aliphatic hydroxyl groups is 1. The smallest absolute Gasteiger partial charge is 0.257 e. The van der Waals surface area contributed by atoms with Crippen molar-refractivity contribution in [2.24, 2.45) is 5.92 Å². The second-order valence-electron chi connectivity index (χ2n) is 8.46. The van der Waals surface area contributed by atoms with E-state index in [4.69, 9.17) is 7.85 Å². The van der Waals surface area contributed by atoms with Gasteiger partial charge in [0.15, 0.2) is 0 Å². The van der Waals surface area contributed by atoms with Crippen molar-refractivity contribution in [3.8, 4) is 0 Å². The van der Waals surface area contributed by atoms with Gasteiger partial charge in [0.25, 0.3) is 6.85 Å². The summed E-state index contributed by atoms with van der Waals surface area (Å²) in [6.45, 7) is 5.52. The molecular weight excluding hydrogens is 358 g/mol. The first-order valence-corrected chi connectivity index (χ1v) is 10.6. The number of aromatic nitrogens is 3. The molecule has 1 N–H and O–H groups in total. The molecule has 0 unspecified atom stereocenters. The van der Waals surface area contributed by atoms with Crippen LogP contribution in [0.5, 0.6) is 0 Å². The lowest BCUT2D eigenvalue weighted by molar-refractivity contribution is 0.110. The largest absolute Gasteiger partial charge is 0.400 e. The molecule has 29 heavy (non-hydrogen) atoms. The molecule has 1 aliphatic carbocycles. The first kappa shape index (κ1) is 20.0. The third kappa shape index (κ3) is 4.50. The van der Waals surface area contributed by atoms with E-state index in [1.165, 1.54) is 5.56 Å². The summed E-state index contributed by atoms with van der Waals surface area (Å²) in [5.41, 5.74) is 3.59. The van der Waals surface area contributed by atoms with Crippen molar-refractivity contribution in [2.45, 2.75) is 51.9 Å². The highest BCUT2D eigenvalue weighted by atomic mass is 16.3. The quantitative estimate of drug-likeness (QED) is 0.662. The number of nitrogens with zero attached hydrogens (tertiary/aromatic N) is 4. The maximum atomic E-state index is 9.91. The van der Waals surface area contributed by atoms with Gasteiger partial charge in [-0.25, -0.2) is 9.50 Å². The summed E-state index contributed by atoms with van der Waals surface area (Å²) < 4.78 is 1.88. The average molecular weight is 386 g/mol. The summed E-state index contributed by atoms with van der Waals surface area (Å²) >= 11 is 0. The molecule has 7 heteroatoms. The van der Waals surface area contributed by atoms with E-state index in [1.54, 1.807) is 6.20 Å². The van der Waals surface area contributed by atoms with Gasteiger partial charge in [0.1, 0.15) is 19.3 Å². The van der Waals surface area contributed by atoms with Gasteiger partial charge in [-0.15, -0.1) is 0 Å². The SMILES string of the molecule is [B]c1cnn2c(N(CC3CCC(O)CC3)B(C)Cc3ccccc3)cc(C)nc12. The van der Waals surface area contributed by atoms with Crippen molar-refractivity contribution >= 4 is 31.6 Å². The van der Waals surface area contributed by atoms with Crippen LogP contribution in [0.25, 0.3) is 5.65 Å². The minimum Gasteiger partial charge on any atom is -0.400 e. The summed E-state index contributed by atoms with van der Waals surface area (Å²) in [5, 5.41) is 14.4. The van der Waals surface area contributed by atoms with E-state index in [9.17, 15) is 5.11 Å². The Bertz CT molecular complexity index is 954. The van der Waals surface area contributed by atoms with Crippen LogP contribution in [0.4, 0.5) is 5.82 Å². The summed E-state index contributed by atoms with van der Waals surface area (Å²) in [4.78, 5) is 7.06. The maximum Gasteiger partial charge on any atom is 0.257 e. The molecule has 0 bridgehead atoms. The lowest BCUT2D eigenvalue weighted by atomic mass is 9.57. The van der Waals surface area contributed by atoms with E-state index in [0.29, 0.717) is 18.2 Å². The van der Waals surface area contributed by atoms with Crippen LogP contribution in [0, 0.1) is 12.8 Å². The molecular formula is C22H28B2N4O. The van der Waals surface area contributed by atoms with Gasteiger partial charge in [-0.2, -0.15) is 5.10 Å². The predicted octanol–water partition coefficient (Wildman–Crippen LogP) is 2.59. The van der Waals surface area contributed by atoms with Crippen LogP contribution in [0.15, 0.2) is 42.6 Å². The van der Waals surface area contributed by atoms with E-state index in [2.05, 4.69) is 58.1 Å². The molecule has 0 saturated heterocycles. The van der Waals surface area contributed by atoms with Crippen molar-refractivity contribution in [1.82, 2.24) is 14.6 Å². The number of benzene rings is 1. The molecule has 148 valence electrons. The topological polar surface area (TPSA) is 53.7 Å². The molecule has 1 aliphatic rings. The van der Waals surface area contributed by atoms with Crippen LogP contribution in [-0.4, -0.2) is 47.0 Å². The van der Waals surface area contributed by atoms with Crippen LogP contribution < -0.4 is 10.3 Å². The Hall–Kier alpha value is -2.27. The van der Waals surface area contributed by atoms with E-state index in [1.807, 2.05) is 11.4 Å². The number of hydrogen-bond acceptors (Lipinski definition) is 4. The molecule has 2 heterocycles. The van der Waals surface area contributed by atoms with Crippen LogP contribution >= 0.6 is 0 Å². The first-order chi connectivity index (χ1) is 14.0. The summed E-state index contributed by atoms with van der Waals surface area (Å²) in [6, 6.07) is 12.7. The van der Waals surface area contributed by atoms with E-state index in [0.717, 1.165) is 55.7 Å². The predicted molar refractivity (Wildman–Crippen MR) is 120 cm³/mol. The zero-order valence-corrected chi connectivity index (χ0v) is 17.3. The zero-order valence-electron chi connectivity index (χ0n) is 17.3. The van der Waals surface area contributed by atoms with Crippen LogP contribution in [0.3, 0.4) is 0 Å². The highest BCUT2D eigenvalue weighted by Crippen LogP contribution is 2.28. The average Bonchev–Trinajstić information content (AvgIpc) is 3.08. The van der Waals surface area contributed by atoms with Gasteiger partial charge in [0, 0.05) is 24.5 Å². The van der Waals surface area contributed by atoms with Crippen LogP contribution in [0.1, 0.15) is 36.9 Å². The first-order valence-electron chi connectivity index (χ1n) is 10.6. The fourth-order valence-electron chi connectivity index (χ4n) is 4.46. The highest BCUT2D eigenvalue weighted by Gasteiger charge is 2.28. The second-order valence-corrected chi connectivity index (χ2v) is 8.46. The fraction of sp³-hybridized carbons (Fsp3) is 0.455. The van der Waals surface area contributed by atoms with Crippen molar-refractivity contribution in [3.63, 3.8) is 0 Å². The molecule has 1 saturated carbocycles. The number of aliphatic hydroxyl groups excluding tert-OH is 1. The van der Waals surface area contributed by atoms with E-state index >= 15 is 0 Å². The Labute approximate surface area is 174 Å². The Morgan fingerprint density at radius 2 is 1.93 bits per heavy atom. The lowest BCUT2D eigenvalue weighted by Crippen LogP contribution is -2.44. The van der Waals surface area contributed by atoms with E-state index in [-0.39, 0.29) is 6.10 Å². The number of rotatable bonds is 6. The molecule has 0 amide bonds. The molecule has 2 aromatic heterocycles. The lowest BCUT2D eigenvalue weighted by Gasteiger charge is -2.36. The number of hydrogen-bond donors (Lipinski definition) is 1. The van der Waals surface area contributed by atoms with Crippen molar-refractivity contribution in [3.05, 3.63) is 53.9 Å². The van der Waals surface area contributed by atoms with Crippen molar-refractivity contribution in [1.29, 1.82) is 0 Å². The van der Waals surface area contributed by atoms with Gasteiger partial charge < -0.3 is 9.92 Å². The molecule has 0 atom stereocenters. The third-order valence-electron chi connectivity index (χ3n) is 6.08. The van der Waals surface area contributed by atoms with Crippen LogP contribution in [0.2, 0.25) is 6.82 Å². The summed E-state index contributed by atoms with van der Waals surface area (Å²) in [7, 11) is 6.12. The standard InChI is InChI=1S/C22H28B2N4O/c1-16-12-21(28-22(26-16)20(23)14-25-28)27(15-18-8-10-19(29)11-9-18)24(2)13-17-6-4-3-5-7-17/h3-7,12,14,18-19,29H,8-11,13,15H2,1-2H3. The van der Waals surface area contributed by atoms with Gasteiger partial charge >= 0.3 is 0 Å². The number of fused-ring (bicyclic) bond motifs is 1. The number of aryl methyl sites for hydroxylation is 1. The Morgan fingerprint density at radius 1 is 1.21 bits per heavy atom. The Kier molecular flexibility index (Phi) is 5.95. The van der Waals surface area contributed by atoms with Crippen molar-refractivity contribution < 1.29 is 5.11 Å². The van der Waals surface area contributed by atoms with Gasteiger partial charge in [-0.1, -0.05) is 42.7 Å². The minimum atomic E-state index is -0.137. The number of anilines is 1. The Morgan fingerprint density at radius 3 is 2.66 bits per heavy atom. The molecule has 3 aromatic rings. The monoisotopic (exact) mass is 386 g/mol. The van der Waals surface area contributed by atoms with Gasteiger partial charge in [0.2, 0.25) is 0 Å². The molecule has 1 fully saturated rings. The zero-order chi connectivity index (χ0) is 20.4. The normalized spacial score (nSPS) is 19.4. The third-order valence-corrected chi connectivity index (χ3v) is 6.08. The molecule has 0 spiro atoms.